The van der Waals surface area contributed by atoms with E-state index in [1.807, 2.05) is 0 Å². The van der Waals surface area contributed by atoms with Crippen molar-refractivity contribution in [2.24, 2.45) is 0 Å². The summed E-state index contributed by atoms with van der Waals surface area (Å²) in [6, 6.07) is 11.3. The zero-order valence-corrected chi connectivity index (χ0v) is 16.2. The maximum absolute atomic E-state index is 12.7. The first-order valence-electron chi connectivity index (χ1n) is 8.84. The van der Waals surface area contributed by atoms with Gasteiger partial charge < -0.3 is 14.2 Å². The third kappa shape index (κ3) is 4.06. The molecule has 2 aromatic rings. The van der Waals surface area contributed by atoms with E-state index in [9.17, 15) is 14.4 Å². The summed E-state index contributed by atoms with van der Waals surface area (Å²) >= 11 is 0. The highest BCUT2D eigenvalue weighted by atomic mass is 16.5. The predicted molar refractivity (Wildman–Crippen MR) is 106 cm³/mol. The molecule has 0 unspecified atom stereocenters. The summed E-state index contributed by atoms with van der Waals surface area (Å²) in [5.74, 6) is -0.461. The zero-order valence-electron chi connectivity index (χ0n) is 16.2. The van der Waals surface area contributed by atoms with Crippen molar-refractivity contribution >= 4 is 29.5 Å². The molecule has 2 amide bonds. The van der Waals surface area contributed by atoms with Gasteiger partial charge >= 0.3 is 5.97 Å². The molecule has 0 radical (unpaired) electrons. The van der Waals surface area contributed by atoms with Gasteiger partial charge in [-0.1, -0.05) is 6.07 Å². The Morgan fingerprint density at radius 2 is 1.72 bits per heavy atom. The van der Waals surface area contributed by atoms with E-state index in [4.69, 9.17) is 14.2 Å². The van der Waals surface area contributed by atoms with Crippen LogP contribution in [-0.2, 0) is 14.3 Å². The van der Waals surface area contributed by atoms with Crippen LogP contribution in [0, 0.1) is 0 Å². The molecule has 0 atom stereocenters. The molecule has 29 heavy (non-hydrogen) atoms. The Hall–Kier alpha value is -3.81. The van der Waals surface area contributed by atoms with Crippen molar-refractivity contribution in [3.05, 3.63) is 59.2 Å². The summed E-state index contributed by atoms with van der Waals surface area (Å²) in [6.07, 6.45) is 1.48. The van der Waals surface area contributed by atoms with Gasteiger partial charge in [-0.25, -0.2) is 9.80 Å². The predicted octanol–water partition coefficient (Wildman–Crippen LogP) is 2.34. The number of ether oxygens (including phenoxy) is 3. The Bertz CT molecular complexity index is 981. The largest absolute Gasteiger partial charge is 0.493 e. The minimum Gasteiger partial charge on any atom is -0.493 e. The average molecular weight is 396 g/mol. The molecule has 1 fully saturated rings. The summed E-state index contributed by atoms with van der Waals surface area (Å²) < 4.78 is 15.4. The van der Waals surface area contributed by atoms with Crippen LogP contribution in [0.4, 0.5) is 5.69 Å². The smallest absolute Gasteiger partial charge is 0.338 e. The van der Waals surface area contributed by atoms with Crippen molar-refractivity contribution < 1.29 is 28.6 Å². The number of hydrogen-bond donors (Lipinski definition) is 1. The summed E-state index contributed by atoms with van der Waals surface area (Å²) in [5.41, 5.74) is 3.89. The van der Waals surface area contributed by atoms with Crippen LogP contribution < -0.4 is 19.9 Å². The number of carbonyl (C=O) groups excluding carboxylic acids is 3. The lowest BCUT2D eigenvalue weighted by Crippen LogP contribution is -2.35. The second-order valence-corrected chi connectivity index (χ2v) is 6.02. The molecule has 1 aliphatic heterocycles. The van der Waals surface area contributed by atoms with E-state index in [-0.39, 0.29) is 12.2 Å². The third-order valence-corrected chi connectivity index (χ3v) is 4.25. The van der Waals surface area contributed by atoms with E-state index in [1.165, 1.54) is 32.4 Å². The molecular formula is C21H20N2O6. The van der Waals surface area contributed by atoms with Gasteiger partial charge in [0, 0.05) is 0 Å². The highest BCUT2D eigenvalue weighted by molar-refractivity contribution is 6.31. The number of anilines is 1. The molecule has 1 heterocycles. The van der Waals surface area contributed by atoms with E-state index in [0.29, 0.717) is 28.3 Å². The maximum Gasteiger partial charge on any atom is 0.338 e. The number of carbonyl (C=O) groups is 3. The molecule has 0 saturated carbocycles. The normalized spacial score (nSPS) is 14.7. The minimum atomic E-state index is -0.528. The summed E-state index contributed by atoms with van der Waals surface area (Å²) in [6.45, 7) is 1.99. The van der Waals surface area contributed by atoms with Crippen molar-refractivity contribution in [3.63, 3.8) is 0 Å². The standard InChI is InChI=1S/C21H20N2O6/c1-4-29-21(26)14-6-8-15(9-7-14)23-20(25)16(19(24)22-23)11-13-5-10-17(27-2)18(12-13)28-3/h5-12H,4H2,1-3H3,(H,22,24)/b16-11+. The SMILES string of the molecule is CCOC(=O)c1ccc(N2NC(=O)/C(=C\c3ccc(OC)c(OC)c3)C2=O)cc1. The number of nitrogens with one attached hydrogen (secondary N) is 1. The molecule has 0 aliphatic carbocycles. The fraction of sp³-hybridized carbons (Fsp3) is 0.190. The van der Waals surface area contributed by atoms with Gasteiger partial charge in [0.1, 0.15) is 5.57 Å². The molecule has 3 rings (SSSR count). The highest BCUT2D eigenvalue weighted by Gasteiger charge is 2.34. The van der Waals surface area contributed by atoms with Crippen LogP contribution in [0.25, 0.3) is 6.08 Å². The topological polar surface area (TPSA) is 94.2 Å². The van der Waals surface area contributed by atoms with E-state index in [2.05, 4.69) is 5.43 Å². The van der Waals surface area contributed by atoms with Crippen molar-refractivity contribution in [2.75, 3.05) is 25.8 Å². The van der Waals surface area contributed by atoms with Gasteiger partial charge in [0.05, 0.1) is 32.1 Å². The van der Waals surface area contributed by atoms with Crippen LogP contribution in [0.5, 0.6) is 11.5 Å². The average Bonchev–Trinajstić information content (AvgIpc) is 3.02. The molecule has 150 valence electrons. The summed E-state index contributed by atoms with van der Waals surface area (Å²) in [4.78, 5) is 36.8. The molecule has 1 aliphatic rings. The van der Waals surface area contributed by atoms with Crippen molar-refractivity contribution in [1.82, 2.24) is 5.43 Å². The highest BCUT2D eigenvalue weighted by Crippen LogP contribution is 2.29. The monoisotopic (exact) mass is 396 g/mol. The van der Waals surface area contributed by atoms with Crippen LogP contribution in [-0.4, -0.2) is 38.6 Å². The van der Waals surface area contributed by atoms with Gasteiger partial charge in [-0.3, -0.25) is 15.0 Å². The maximum atomic E-state index is 12.7. The van der Waals surface area contributed by atoms with Gasteiger partial charge in [0.15, 0.2) is 11.5 Å². The van der Waals surface area contributed by atoms with E-state index < -0.39 is 17.8 Å². The molecule has 1 N–H and O–H groups in total. The fourth-order valence-electron chi connectivity index (χ4n) is 2.81. The molecule has 0 aromatic heterocycles. The van der Waals surface area contributed by atoms with E-state index in [1.54, 1.807) is 37.3 Å². The number of nitrogens with zero attached hydrogens (tertiary/aromatic N) is 1. The van der Waals surface area contributed by atoms with Crippen LogP contribution in [0.15, 0.2) is 48.0 Å². The molecule has 0 spiro atoms. The number of methoxy groups -OCH3 is 2. The number of rotatable bonds is 6. The minimum absolute atomic E-state index is 0.0216. The quantitative estimate of drug-likeness (QED) is 0.458. The van der Waals surface area contributed by atoms with Crippen LogP contribution in [0.2, 0.25) is 0 Å². The lowest BCUT2D eigenvalue weighted by Gasteiger charge is -2.14. The van der Waals surface area contributed by atoms with Crippen molar-refractivity contribution in [1.29, 1.82) is 0 Å². The summed E-state index contributed by atoms with van der Waals surface area (Å²) in [7, 11) is 3.03. The first-order valence-corrected chi connectivity index (χ1v) is 8.84. The number of benzene rings is 2. The molecular weight excluding hydrogens is 376 g/mol. The Balaban J connectivity index is 1.84. The molecule has 2 aromatic carbocycles. The lowest BCUT2D eigenvalue weighted by molar-refractivity contribution is -0.117. The number of hydrazine groups is 1. The van der Waals surface area contributed by atoms with Crippen LogP contribution in [0.3, 0.4) is 0 Å². The number of hydrogen-bond acceptors (Lipinski definition) is 6. The van der Waals surface area contributed by atoms with Crippen molar-refractivity contribution in [3.8, 4) is 11.5 Å². The molecule has 1 saturated heterocycles. The van der Waals surface area contributed by atoms with Gasteiger partial charge in [-0.2, -0.15) is 0 Å². The molecule has 0 bridgehead atoms. The van der Waals surface area contributed by atoms with Crippen molar-refractivity contribution in [2.45, 2.75) is 6.92 Å². The first-order chi connectivity index (χ1) is 14.0. The van der Waals surface area contributed by atoms with Crippen LogP contribution in [0.1, 0.15) is 22.8 Å². The number of amides is 2. The summed E-state index contributed by atoms with van der Waals surface area (Å²) in [5, 5.41) is 1.13. The molecule has 8 heteroatoms. The Labute approximate surface area is 167 Å². The van der Waals surface area contributed by atoms with Crippen LogP contribution >= 0.6 is 0 Å². The van der Waals surface area contributed by atoms with Gasteiger partial charge in [0.2, 0.25) is 0 Å². The van der Waals surface area contributed by atoms with E-state index >= 15 is 0 Å². The Morgan fingerprint density at radius 1 is 1.03 bits per heavy atom. The first kappa shape index (κ1) is 19.9. The Morgan fingerprint density at radius 3 is 2.34 bits per heavy atom. The van der Waals surface area contributed by atoms with Gasteiger partial charge in [-0.15, -0.1) is 0 Å². The lowest BCUT2D eigenvalue weighted by atomic mass is 10.1. The van der Waals surface area contributed by atoms with E-state index in [0.717, 1.165) is 5.01 Å². The second-order valence-electron chi connectivity index (χ2n) is 6.02. The molecule has 8 nitrogen and oxygen atoms in total. The zero-order chi connectivity index (χ0) is 21.0. The second kappa shape index (κ2) is 8.47. The van der Waals surface area contributed by atoms with Gasteiger partial charge in [-0.05, 0) is 55.0 Å². The van der Waals surface area contributed by atoms with Gasteiger partial charge in [0.25, 0.3) is 11.8 Å². The fourth-order valence-corrected chi connectivity index (χ4v) is 2.81. The Kier molecular flexibility index (Phi) is 5.82. The third-order valence-electron chi connectivity index (χ3n) is 4.25. The number of esters is 1.